The predicted molar refractivity (Wildman–Crippen MR) is 90.2 cm³/mol. The van der Waals surface area contributed by atoms with Gasteiger partial charge in [0.1, 0.15) is 5.75 Å². The van der Waals surface area contributed by atoms with E-state index in [4.69, 9.17) is 4.74 Å². The van der Waals surface area contributed by atoms with E-state index in [-0.39, 0.29) is 24.9 Å². The van der Waals surface area contributed by atoms with Gasteiger partial charge < -0.3 is 10.1 Å². The molecule has 2 rings (SSSR count). The van der Waals surface area contributed by atoms with Crippen molar-refractivity contribution in [1.82, 2.24) is 5.32 Å². The first kappa shape index (κ1) is 17.6. The first-order valence-corrected chi connectivity index (χ1v) is 9.66. The quantitative estimate of drug-likeness (QED) is 0.823. The van der Waals surface area contributed by atoms with E-state index in [1.807, 2.05) is 0 Å². The number of hydrogen-bond donors (Lipinski definition) is 1. The summed E-state index contributed by atoms with van der Waals surface area (Å²) < 4.78 is 30.3. The number of anilines is 1. The summed E-state index contributed by atoms with van der Waals surface area (Å²) in [6, 6.07) is 7.00. The minimum absolute atomic E-state index is 0.0981. The monoisotopic (exact) mass is 340 g/mol. The fourth-order valence-electron chi connectivity index (χ4n) is 2.81. The van der Waals surface area contributed by atoms with Crippen molar-refractivity contribution in [1.29, 1.82) is 0 Å². The second kappa shape index (κ2) is 7.68. The minimum Gasteiger partial charge on any atom is -0.497 e. The van der Waals surface area contributed by atoms with Crippen LogP contribution < -0.4 is 14.4 Å². The Morgan fingerprint density at radius 2 is 1.87 bits per heavy atom. The lowest BCUT2D eigenvalue weighted by atomic mass is 10.2. The summed E-state index contributed by atoms with van der Waals surface area (Å²) in [5, 5.41) is 2.97. The van der Waals surface area contributed by atoms with Crippen molar-refractivity contribution >= 4 is 21.6 Å². The number of ether oxygens (including phenoxy) is 1. The van der Waals surface area contributed by atoms with Crippen molar-refractivity contribution < 1.29 is 17.9 Å². The fourth-order valence-corrected chi connectivity index (χ4v) is 3.74. The van der Waals surface area contributed by atoms with Gasteiger partial charge in [-0.25, -0.2) is 8.42 Å². The Morgan fingerprint density at radius 3 is 2.39 bits per heavy atom. The van der Waals surface area contributed by atoms with Gasteiger partial charge in [0.15, 0.2) is 0 Å². The first-order chi connectivity index (χ1) is 10.9. The molecule has 0 heterocycles. The summed E-state index contributed by atoms with van der Waals surface area (Å²) in [7, 11) is -1.90. The number of carbonyl (C=O) groups excluding carboxylic acids is 1. The van der Waals surface area contributed by atoms with Crippen LogP contribution in [0.15, 0.2) is 24.3 Å². The molecule has 0 bridgehead atoms. The molecule has 0 spiro atoms. The van der Waals surface area contributed by atoms with E-state index in [1.165, 1.54) is 4.31 Å². The van der Waals surface area contributed by atoms with E-state index < -0.39 is 10.0 Å². The van der Waals surface area contributed by atoms with E-state index in [9.17, 15) is 13.2 Å². The molecule has 0 saturated heterocycles. The van der Waals surface area contributed by atoms with Crippen LogP contribution in [0.3, 0.4) is 0 Å². The maximum absolute atomic E-state index is 12.0. The number of carbonyl (C=O) groups is 1. The molecule has 128 valence electrons. The molecule has 1 aliphatic carbocycles. The minimum atomic E-state index is -3.45. The van der Waals surface area contributed by atoms with Gasteiger partial charge in [-0.1, -0.05) is 12.8 Å². The molecule has 0 aliphatic heterocycles. The molecule has 0 unspecified atom stereocenters. The standard InChI is InChI=1S/C16H24N2O4S/c1-22-15-9-7-14(8-10-15)18(23(2,20)21)12-11-16(19)17-13-5-3-4-6-13/h7-10,13H,3-6,11-12H2,1-2H3,(H,17,19). The molecule has 0 radical (unpaired) electrons. The smallest absolute Gasteiger partial charge is 0.232 e. The van der Waals surface area contributed by atoms with Gasteiger partial charge in [0, 0.05) is 19.0 Å². The Bertz CT molecular complexity index is 622. The predicted octanol–water partition coefficient (Wildman–Crippen LogP) is 1.91. The highest BCUT2D eigenvalue weighted by Gasteiger charge is 2.21. The van der Waals surface area contributed by atoms with Crippen molar-refractivity contribution in [3.63, 3.8) is 0 Å². The van der Waals surface area contributed by atoms with E-state index in [0.29, 0.717) is 11.4 Å². The Morgan fingerprint density at radius 1 is 1.26 bits per heavy atom. The van der Waals surface area contributed by atoms with Gasteiger partial charge in [-0.05, 0) is 37.1 Å². The molecule has 23 heavy (non-hydrogen) atoms. The summed E-state index contributed by atoms with van der Waals surface area (Å²) in [6.45, 7) is 0.129. The first-order valence-electron chi connectivity index (χ1n) is 7.81. The highest BCUT2D eigenvalue weighted by molar-refractivity contribution is 7.92. The average molecular weight is 340 g/mol. The number of methoxy groups -OCH3 is 1. The average Bonchev–Trinajstić information content (AvgIpc) is 2.99. The zero-order chi connectivity index (χ0) is 16.9. The maximum atomic E-state index is 12.0. The summed E-state index contributed by atoms with van der Waals surface area (Å²) in [4.78, 5) is 12.0. The van der Waals surface area contributed by atoms with Gasteiger partial charge >= 0.3 is 0 Å². The summed E-state index contributed by atoms with van der Waals surface area (Å²) in [5.41, 5.74) is 0.530. The number of benzene rings is 1. The molecule has 7 heteroatoms. The number of rotatable bonds is 7. The molecule has 1 N–H and O–H groups in total. The summed E-state index contributed by atoms with van der Waals surface area (Å²) in [5.74, 6) is 0.556. The molecular formula is C16H24N2O4S. The van der Waals surface area contributed by atoms with Gasteiger partial charge in [-0.2, -0.15) is 0 Å². The van der Waals surface area contributed by atoms with Crippen molar-refractivity contribution in [2.45, 2.75) is 38.1 Å². The van der Waals surface area contributed by atoms with Crippen LogP contribution >= 0.6 is 0 Å². The van der Waals surface area contributed by atoms with Crippen LogP contribution in [0.25, 0.3) is 0 Å². The van der Waals surface area contributed by atoms with Crippen molar-refractivity contribution in [3.05, 3.63) is 24.3 Å². The normalized spacial score (nSPS) is 15.4. The Balaban J connectivity index is 1.99. The molecule has 1 aromatic carbocycles. The lowest BCUT2D eigenvalue weighted by Crippen LogP contribution is -2.37. The number of hydrogen-bond acceptors (Lipinski definition) is 4. The number of nitrogens with zero attached hydrogens (tertiary/aromatic N) is 1. The highest BCUT2D eigenvalue weighted by Crippen LogP contribution is 2.22. The van der Waals surface area contributed by atoms with Crippen LogP contribution in [-0.2, 0) is 14.8 Å². The van der Waals surface area contributed by atoms with Gasteiger partial charge in [0.25, 0.3) is 0 Å². The lowest BCUT2D eigenvalue weighted by molar-refractivity contribution is -0.121. The van der Waals surface area contributed by atoms with Gasteiger partial charge in [0.2, 0.25) is 15.9 Å². The summed E-state index contributed by atoms with van der Waals surface area (Å²) >= 11 is 0. The number of sulfonamides is 1. The maximum Gasteiger partial charge on any atom is 0.232 e. The molecule has 0 aromatic heterocycles. The SMILES string of the molecule is COc1ccc(N(CCC(=O)NC2CCCC2)S(C)(=O)=O)cc1. The van der Waals surface area contributed by atoms with Crippen molar-refractivity contribution in [3.8, 4) is 5.75 Å². The number of amides is 1. The van der Waals surface area contributed by atoms with Crippen LogP contribution in [0.5, 0.6) is 5.75 Å². The third-order valence-corrected chi connectivity index (χ3v) is 5.22. The zero-order valence-corrected chi connectivity index (χ0v) is 14.4. The Labute approximate surface area is 137 Å². The second-order valence-electron chi connectivity index (χ2n) is 5.83. The molecule has 1 amide bonds. The van der Waals surface area contributed by atoms with E-state index in [1.54, 1.807) is 31.4 Å². The van der Waals surface area contributed by atoms with Crippen molar-refractivity contribution in [2.75, 3.05) is 24.2 Å². The van der Waals surface area contributed by atoms with E-state index in [2.05, 4.69) is 5.32 Å². The van der Waals surface area contributed by atoms with Gasteiger partial charge in [-0.3, -0.25) is 9.10 Å². The molecule has 1 fully saturated rings. The largest absolute Gasteiger partial charge is 0.497 e. The van der Waals surface area contributed by atoms with Gasteiger partial charge in [0.05, 0.1) is 19.1 Å². The Hall–Kier alpha value is -1.76. The molecular weight excluding hydrogens is 316 g/mol. The second-order valence-corrected chi connectivity index (χ2v) is 7.74. The van der Waals surface area contributed by atoms with Gasteiger partial charge in [-0.15, -0.1) is 0 Å². The van der Waals surface area contributed by atoms with Crippen LogP contribution in [0.2, 0.25) is 0 Å². The zero-order valence-electron chi connectivity index (χ0n) is 13.6. The van der Waals surface area contributed by atoms with Crippen LogP contribution in [0, 0.1) is 0 Å². The van der Waals surface area contributed by atoms with Crippen LogP contribution in [0.1, 0.15) is 32.1 Å². The molecule has 1 aliphatic rings. The molecule has 1 aromatic rings. The topological polar surface area (TPSA) is 75.7 Å². The fraction of sp³-hybridized carbons (Fsp3) is 0.562. The molecule has 0 atom stereocenters. The molecule has 1 saturated carbocycles. The van der Waals surface area contributed by atoms with Crippen molar-refractivity contribution in [2.24, 2.45) is 0 Å². The highest BCUT2D eigenvalue weighted by atomic mass is 32.2. The summed E-state index contributed by atoms with van der Waals surface area (Å²) in [6.07, 6.45) is 5.61. The third-order valence-electron chi connectivity index (χ3n) is 4.02. The number of nitrogens with one attached hydrogen (secondary N) is 1. The van der Waals surface area contributed by atoms with Crippen LogP contribution in [0.4, 0.5) is 5.69 Å². The Kier molecular flexibility index (Phi) is 5.87. The van der Waals surface area contributed by atoms with Crippen LogP contribution in [-0.4, -0.2) is 40.3 Å². The third kappa shape index (κ3) is 5.13. The molecule has 6 nitrogen and oxygen atoms in total. The lowest BCUT2D eigenvalue weighted by Gasteiger charge is -2.23. The van der Waals surface area contributed by atoms with E-state index >= 15 is 0 Å². The van der Waals surface area contributed by atoms with E-state index in [0.717, 1.165) is 31.9 Å².